The molecule has 0 heterocycles. The summed E-state index contributed by atoms with van der Waals surface area (Å²) in [6, 6.07) is 0. The summed E-state index contributed by atoms with van der Waals surface area (Å²) >= 11 is 0. The van der Waals surface area contributed by atoms with Gasteiger partial charge in [0.15, 0.2) is 6.10 Å². The SMILES string of the molecule is CCCCC/C=C\C/C=C\CCCCCCCCCC(=O)OCC(COP(=O)(O)OCC(CO)OC(=O)CCCCCCCCCCCCCCC)OC(=O)CCCCCCCCCCCCCCCCCCC. The number of phosphoric ester groups is 1. The minimum atomic E-state index is -4.74. The Hall–Kier alpha value is -2.04. The van der Waals surface area contributed by atoms with Crippen LogP contribution in [0.3, 0.4) is 0 Å². The third-order valence-electron chi connectivity index (χ3n) is 13.9. The van der Waals surface area contributed by atoms with Gasteiger partial charge < -0.3 is 24.2 Å². The Kier molecular flexibility index (Phi) is 55.6. The molecule has 0 aromatic heterocycles. The second kappa shape index (κ2) is 57.1. The number of allylic oxidation sites excluding steroid dienone is 4. The topological polar surface area (TPSA) is 155 Å². The molecule has 11 nitrogen and oxygen atoms in total. The van der Waals surface area contributed by atoms with E-state index in [4.69, 9.17) is 23.3 Å². The van der Waals surface area contributed by atoms with E-state index in [2.05, 4.69) is 45.1 Å². The van der Waals surface area contributed by atoms with Crippen LogP contribution >= 0.6 is 7.82 Å². The number of hydrogen-bond donors (Lipinski definition) is 2. The van der Waals surface area contributed by atoms with Crippen molar-refractivity contribution in [3.8, 4) is 0 Å². The van der Waals surface area contributed by atoms with Crippen molar-refractivity contribution in [3.05, 3.63) is 24.3 Å². The molecule has 436 valence electrons. The first kappa shape index (κ1) is 72.0. The number of carbonyl (C=O) groups is 3. The Morgan fingerprint density at radius 2 is 0.662 bits per heavy atom. The Bertz CT molecular complexity index is 1340. The van der Waals surface area contributed by atoms with E-state index in [0.29, 0.717) is 19.3 Å². The minimum Gasteiger partial charge on any atom is -0.462 e. The highest BCUT2D eigenvalue weighted by Gasteiger charge is 2.28. The molecule has 2 N–H and O–H groups in total. The van der Waals surface area contributed by atoms with Crippen LogP contribution in [0.5, 0.6) is 0 Å². The van der Waals surface area contributed by atoms with Crippen molar-refractivity contribution in [1.29, 1.82) is 0 Å². The first-order valence-corrected chi connectivity index (χ1v) is 32.7. The zero-order valence-corrected chi connectivity index (χ0v) is 49.2. The number of ether oxygens (including phenoxy) is 3. The molecule has 0 fully saturated rings. The quantitative estimate of drug-likeness (QED) is 0.0197. The first-order chi connectivity index (χ1) is 36.2. The fraction of sp³-hybridized carbons (Fsp3) is 0.887. The van der Waals surface area contributed by atoms with Crippen LogP contribution in [0.25, 0.3) is 0 Å². The number of esters is 3. The van der Waals surface area contributed by atoms with E-state index in [1.165, 1.54) is 186 Å². The molecule has 0 radical (unpaired) electrons. The minimum absolute atomic E-state index is 0.173. The normalized spacial score (nSPS) is 13.4. The standard InChI is InChI=1S/C62H117O11P/c1-4-7-10-13-16-19-22-25-27-29-31-34-36-39-42-45-48-51-60(64)69-55-59(73-62(66)53-50-47-44-41-38-35-32-30-28-26-23-20-17-14-11-8-5-2)57-71-74(67,68)70-56-58(54-63)72-61(65)52-49-46-43-40-37-33-24-21-18-15-12-9-6-3/h16,19,25,27,58-59,63H,4-15,17-18,20-24,26,28-57H2,1-3H3,(H,67,68)/b19-16-,27-25-. The number of aliphatic hydroxyl groups excluding tert-OH is 1. The largest absolute Gasteiger partial charge is 0.472 e. The van der Waals surface area contributed by atoms with E-state index in [-0.39, 0.29) is 25.9 Å². The molecule has 0 aromatic carbocycles. The van der Waals surface area contributed by atoms with E-state index in [1.54, 1.807) is 0 Å². The van der Waals surface area contributed by atoms with Gasteiger partial charge in [0, 0.05) is 19.3 Å². The van der Waals surface area contributed by atoms with Gasteiger partial charge in [-0.05, 0) is 51.4 Å². The molecule has 0 aliphatic rings. The highest BCUT2D eigenvalue weighted by Crippen LogP contribution is 2.43. The van der Waals surface area contributed by atoms with E-state index in [1.807, 2.05) is 0 Å². The van der Waals surface area contributed by atoms with Gasteiger partial charge in [0.25, 0.3) is 0 Å². The smallest absolute Gasteiger partial charge is 0.462 e. The Balaban J connectivity index is 4.68. The van der Waals surface area contributed by atoms with Gasteiger partial charge in [-0.3, -0.25) is 23.4 Å². The van der Waals surface area contributed by atoms with Gasteiger partial charge in [-0.15, -0.1) is 0 Å². The maximum atomic E-state index is 12.9. The molecular weight excluding hydrogens is 952 g/mol. The molecule has 0 aliphatic heterocycles. The fourth-order valence-corrected chi connectivity index (χ4v) is 9.88. The van der Waals surface area contributed by atoms with Crippen LogP contribution in [0.2, 0.25) is 0 Å². The molecule has 0 saturated heterocycles. The summed E-state index contributed by atoms with van der Waals surface area (Å²) in [5.41, 5.74) is 0. The van der Waals surface area contributed by atoms with Crippen molar-refractivity contribution < 1.29 is 52.2 Å². The highest BCUT2D eigenvalue weighted by molar-refractivity contribution is 7.47. The number of unbranched alkanes of at least 4 members (excludes halogenated alkanes) is 38. The molecule has 0 spiro atoms. The van der Waals surface area contributed by atoms with E-state index in [9.17, 15) is 28.9 Å². The Morgan fingerprint density at radius 3 is 1.03 bits per heavy atom. The Morgan fingerprint density at radius 1 is 0.378 bits per heavy atom. The fourth-order valence-electron chi connectivity index (χ4n) is 9.10. The van der Waals surface area contributed by atoms with Crippen LogP contribution in [0.4, 0.5) is 0 Å². The van der Waals surface area contributed by atoms with E-state index < -0.39 is 57.8 Å². The molecule has 0 aromatic rings. The van der Waals surface area contributed by atoms with Crippen molar-refractivity contribution in [2.75, 3.05) is 26.4 Å². The van der Waals surface area contributed by atoms with Crippen LogP contribution in [0, 0.1) is 0 Å². The maximum Gasteiger partial charge on any atom is 0.472 e. The van der Waals surface area contributed by atoms with Gasteiger partial charge in [-0.1, -0.05) is 270 Å². The molecule has 0 amide bonds. The third-order valence-corrected chi connectivity index (χ3v) is 14.8. The molecule has 3 atom stereocenters. The zero-order chi connectivity index (χ0) is 54.1. The van der Waals surface area contributed by atoms with Crippen LogP contribution in [-0.4, -0.2) is 66.5 Å². The second-order valence-corrected chi connectivity index (χ2v) is 22.7. The number of rotatable bonds is 59. The van der Waals surface area contributed by atoms with Crippen LogP contribution < -0.4 is 0 Å². The third kappa shape index (κ3) is 54.7. The van der Waals surface area contributed by atoms with Crippen molar-refractivity contribution >= 4 is 25.7 Å². The van der Waals surface area contributed by atoms with Crippen LogP contribution in [0.1, 0.15) is 316 Å². The first-order valence-electron chi connectivity index (χ1n) is 31.2. The second-order valence-electron chi connectivity index (χ2n) is 21.2. The number of hydrogen-bond acceptors (Lipinski definition) is 10. The lowest BCUT2D eigenvalue weighted by Crippen LogP contribution is -2.30. The molecule has 3 unspecified atom stereocenters. The lowest BCUT2D eigenvalue weighted by atomic mass is 10.0. The summed E-state index contributed by atoms with van der Waals surface area (Å²) in [6.07, 6.45) is 58.4. The van der Waals surface area contributed by atoms with Crippen molar-refractivity contribution in [2.24, 2.45) is 0 Å². The number of aliphatic hydroxyl groups is 1. The molecule has 0 bridgehead atoms. The summed E-state index contributed by atoms with van der Waals surface area (Å²) < 4.78 is 39.6. The van der Waals surface area contributed by atoms with E-state index >= 15 is 0 Å². The van der Waals surface area contributed by atoms with Gasteiger partial charge in [0.2, 0.25) is 0 Å². The summed E-state index contributed by atoms with van der Waals surface area (Å²) in [5, 5.41) is 9.82. The molecular formula is C62H117O11P. The van der Waals surface area contributed by atoms with Crippen molar-refractivity contribution in [2.45, 2.75) is 328 Å². The molecule has 0 aliphatic carbocycles. The maximum absolute atomic E-state index is 12.9. The highest BCUT2D eigenvalue weighted by atomic mass is 31.2. The molecule has 12 heteroatoms. The summed E-state index contributed by atoms with van der Waals surface area (Å²) in [5.74, 6) is -1.44. The van der Waals surface area contributed by atoms with Gasteiger partial charge in [0.1, 0.15) is 12.7 Å². The predicted octanol–water partition coefficient (Wildman–Crippen LogP) is 18.6. The van der Waals surface area contributed by atoms with Gasteiger partial charge in [-0.25, -0.2) is 4.57 Å². The zero-order valence-electron chi connectivity index (χ0n) is 48.3. The Labute approximate surface area is 455 Å². The summed E-state index contributed by atoms with van der Waals surface area (Å²) in [6.45, 7) is 4.68. The number of phosphoric acid groups is 1. The predicted molar refractivity (Wildman–Crippen MR) is 307 cm³/mol. The van der Waals surface area contributed by atoms with Crippen LogP contribution in [0.15, 0.2) is 24.3 Å². The molecule has 0 rings (SSSR count). The summed E-state index contributed by atoms with van der Waals surface area (Å²) in [4.78, 5) is 48.6. The molecule has 74 heavy (non-hydrogen) atoms. The van der Waals surface area contributed by atoms with E-state index in [0.717, 1.165) is 70.6 Å². The average Bonchev–Trinajstić information content (AvgIpc) is 3.39. The lowest BCUT2D eigenvalue weighted by Gasteiger charge is -2.21. The van der Waals surface area contributed by atoms with Crippen LogP contribution in [-0.2, 0) is 42.2 Å². The van der Waals surface area contributed by atoms with Gasteiger partial charge in [-0.2, -0.15) is 0 Å². The van der Waals surface area contributed by atoms with Crippen molar-refractivity contribution in [1.82, 2.24) is 0 Å². The van der Waals surface area contributed by atoms with Gasteiger partial charge in [0.05, 0.1) is 19.8 Å². The lowest BCUT2D eigenvalue weighted by molar-refractivity contribution is -0.161. The van der Waals surface area contributed by atoms with Crippen molar-refractivity contribution in [3.63, 3.8) is 0 Å². The summed E-state index contributed by atoms with van der Waals surface area (Å²) in [7, 11) is -4.74. The molecule has 0 saturated carbocycles. The van der Waals surface area contributed by atoms with Gasteiger partial charge >= 0.3 is 25.7 Å². The average molecular weight is 1070 g/mol. The monoisotopic (exact) mass is 1070 g/mol. The number of carbonyl (C=O) groups excluding carboxylic acids is 3.